The van der Waals surface area contributed by atoms with Crippen molar-refractivity contribution in [2.75, 3.05) is 0 Å². The minimum absolute atomic E-state index is 0.300. The van der Waals surface area contributed by atoms with Crippen molar-refractivity contribution in [1.29, 1.82) is 0 Å². The van der Waals surface area contributed by atoms with Crippen LogP contribution < -0.4 is 5.43 Å². The number of benzene rings is 1. The molecule has 0 radical (unpaired) electrons. The molecule has 0 atom stereocenters. The van der Waals surface area contributed by atoms with E-state index in [-0.39, 0.29) is 5.91 Å². The number of amides is 1. The maximum Gasteiger partial charge on any atom is 0.271 e. The van der Waals surface area contributed by atoms with Crippen molar-refractivity contribution < 1.29 is 4.79 Å². The van der Waals surface area contributed by atoms with E-state index in [0.717, 1.165) is 5.56 Å². The van der Waals surface area contributed by atoms with Gasteiger partial charge in [0.15, 0.2) is 0 Å². The molecule has 1 aromatic heterocycles. The predicted octanol–water partition coefficient (Wildman–Crippen LogP) is 2.89. The normalized spacial score (nSPS) is 11.2. The van der Waals surface area contributed by atoms with Crippen LogP contribution in [0.5, 0.6) is 0 Å². The van der Waals surface area contributed by atoms with Crippen LogP contribution in [0.1, 0.15) is 22.8 Å². The quantitative estimate of drug-likeness (QED) is 0.690. The number of hydrazone groups is 1. The Morgan fingerprint density at radius 3 is 2.74 bits per heavy atom. The second-order valence-electron chi connectivity index (χ2n) is 3.89. The van der Waals surface area contributed by atoms with Crippen LogP contribution in [0.25, 0.3) is 0 Å². The zero-order valence-electron chi connectivity index (χ0n) is 10.3. The molecule has 0 aliphatic carbocycles. The third kappa shape index (κ3) is 3.63. The highest BCUT2D eigenvalue weighted by atomic mass is 35.5. The van der Waals surface area contributed by atoms with E-state index in [1.165, 1.54) is 0 Å². The molecule has 1 heterocycles. The molecule has 4 nitrogen and oxygen atoms in total. The average Bonchev–Trinajstić information content (AvgIpc) is 2.45. The summed E-state index contributed by atoms with van der Waals surface area (Å²) in [6.45, 7) is 1.80. The van der Waals surface area contributed by atoms with Crippen LogP contribution in [0.15, 0.2) is 53.9 Å². The second kappa shape index (κ2) is 6.11. The van der Waals surface area contributed by atoms with Crippen LogP contribution in [0.3, 0.4) is 0 Å². The molecule has 2 aromatic rings. The summed E-state index contributed by atoms with van der Waals surface area (Å²) in [5.74, 6) is -0.300. The van der Waals surface area contributed by atoms with Gasteiger partial charge < -0.3 is 0 Å². The minimum Gasteiger partial charge on any atom is -0.267 e. The highest BCUT2D eigenvalue weighted by Crippen LogP contribution is 2.10. The summed E-state index contributed by atoms with van der Waals surface area (Å²) >= 11 is 5.82. The summed E-state index contributed by atoms with van der Waals surface area (Å²) in [6.07, 6.45) is 3.37. The van der Waals surface area contributed by atoms with Gasteiger partial charge in [-0.2, -0.15) is 5.10 Å². The molecule has 1 aromatic carbocycles. The molecule has 0 bridgehead atoms. The number of hydrogen-bond donors (Lipinski definition) is 1. The molecule has 0 aliphatic heterocycles. The van der Waals surface area contributed by atoms with Crippen molar-refractivity contribution in [3.05, 3.63) is 64.9 Å². The van der Waals surface area contributed by atoms with Gasteiger partial charge in [-0.15, -0.1) is 0 Å². The minimum atomic E-state index is -0.300. The number of aromatic nitrogens is 1. The molecule has 0 unspecified atom stereocenters. The number of nitrogens with one attached hydrogen (secondary N) is 1. The maximum atomic E-state index is 11.8. The monoisotopic (exact) mass is 273 g/mol. The fraction of sp³-hybridized carbons (Fsp3) is 0.0714. The second-order valence-corrected chi connectivity index (χ2v) is 4.33. The lowest BCUT2D eigenvalue weighted by molar-refractivity contribution is 0.0955. The number of nitrogens with zero attached hydrogens (tertiary/aromatic N) is 2. The van der Waals surface area contributed by atoms with E-state index in [2.05, 4.69) is 15.5 Å². The van der Waals surface area contributed by atoms with Crippen LogP contribution in [0, 0.1) is 0 Å². The zero-order chi connectivity index (χ0) is 13.7. The van der Waals surface area contributed by atoms with E-state index in [1.54, 1.807) is 43.6 Å². The number of hydrogen-bond acceptors (Lipinski definition) is 3. The molecule has 2 rings (SSSR count). The first kappa shape index (κ1) is 13.2. The van der Waals surface area contributed by atoms with E-state index < -0.39 is 0 Å². The summed E-state index contributed by atoms with van der Waals surface area (Å²) in [4.78, 5) is 15.8. The van der Waals surface area contributed by atoms with Crippen molar-refractivity contribution in [2.24, 2.45) is 5.10 Å². The lowest BCUT2D eigenvalue weighted by Crippen LogP contribution is -2.19. The molecule has 0 fully saturated rings. The van der Waals surface area contributed by atoms with Crippen molar-refractivity contribution in [2.45, 2.75) is 6.92 Å². The first-order valence-corrected chi connectivity index (χ1v) is 6.05. The van der Waals surface area contributed by atoms with Crippen LogP contribution >= 0.6 is 11.6 Å². The average molecular weight is 274 g/mol. The van der Waals surface area contributed by atoms with Crippen LogP contribution in [-0.4, -0.2) is 16.6 Å². The molecule has 1 amide bonds. The van der Waals surface area contributed by atoms with Gasteiger partial charge in [0.05, 0.1) is 5.71 Å². The fourth-order valence-electron chi connectivity index (χ4n) is 1.47. The largest absolute Gasteiger partial charge is 0.271 e. The number of rotatable bonds is 3. The molecule has 1 N–H and O–H groups in total. The van der Waals surface area contributed by atoms with Gasteiger partial charge in [-0.05, 0) is 31.2 Å². The van der Waals surface area contributed by atoms with Crippen LogP contribution in [-0.2, 0) is 0 Å². The highest BCUT2D eigenvalue weighted by Gasteiger charge is 2.05. The van der Waals surface area contributed by atoms with E-state index in [0.29, 0.717) is 16.3 Å². The van der Waals surface area contributed by atoms with Gasteiger partial charge in [-0.25, -0.2) is 5.43 Å². The van der Waals surface area contributed by atoms with Crippen molar-refractivity contribution in [1.82, 2.24) is 10.4 Å². The van der Waals surface area contributed by atoms with Gasteiger partial charge in [0.25, 0.3) is 5.91 Å². The summed E-state index contributed by atoms with van der Waals surface area (Å²) in [5, 5.41) is 4.55. The first-order valence-electron chi connectivity index (χ1n) is 5.67. The zero-order valence-corrected chi connectivity index (χ0v) is 11.1. The lowest BCUT2D eigenvalue weighted by atomic mass is 10.2. The predicted molar refractivity (Wildman–Crippen MR) is 75.4 cm³/mol. The van der Waals surface area contributed by atoms with E-state index in [9.17, 15) is 4.79 Å². The van der Waals surface area contributed by atoms with Gasteiger partial charge in [-0.1, -0.05) is 23.7 Å². The number of pyridine rings is 1. The first-order chi connectivity index (χ1) is 9.16. The SMILES string of the molecule is C/C(=N/NC(=O)c1cccc(Cl)c1)c1cccnc1. The van der Waals surface area contributed by atoms with Crippen LogP contribution in [0.4, 0.5) is 0 Å². The van der Waals surface area contributed by atoms with Crippen molar-refractivity contribution in [3.63, 3.8) is 0 Å². The third-order valence-corrected chi connectivity index (χ3v) is 2.73. The van der Waals surface area contributed by atoms with Gasteiger partial charge in [0, 0.05) is 28.5 Å². The Kier molecular flexibility index (Phi) is 4.26. The standard InChI is InChI=1S/C14H12ClN3O/c1-10(12-5-3-7-16-9-12)17-18-14(19)11-4-2-6-13(15)8-11/h2-9H,1H3,(H,18,19)/b17-10-. The van der Waals surface area contributed by atoms with E-state index in [1.807, 2.05) is 12.1 Å². The van der Waals surface area contributed by atoms with E-state index in [4.69, 9.17) is 11.6 Å². The van der Waals surface area contributed by atoms with Crippen LogP contribution in [0.2, 0.25) is 5.02 Å². The maximum absolute atomic E-state index is 11.8. The Bertz CT molecular complexity index is 611. The molecular formula is C14H12ClN3O. The summed E-state index contributed by atoms with van der Waals surface area (Å²) in [7, 11) is 0. The molecule has 96 valence electrons. The third-order valence-electron chi connectivity index (χ3n) is 2.49. The van der Waals surface area contributed by atoms with Gasteiger partial charge >= 0.3 is 0 Å². The smallest absolute Gasteiger partial charge is 0.267 e. The Labute approximate surface area is 116 Å². The number of halogens is 1. The Balaban J connectivity index is 2.08. The van der Waals surface area contributed by atoms with E-state index >= 15 is 0 Å². The fourth-order valence-corrected chi connectivity index (χ4v) is 1.66. The number of carbonyl (C=O) groups excluding carboxylic acids is 1. The molecule has 0 saturated heterocycles. The Morgan fingerprint density at radius 2 is 2.05 bits per heavy atom. The van der Waals surface area contributed by atoms with Gasteiger partial charge in [0.1, 0.15) is 0 Å². The molecule has 5 heteroatoms. The molecular weight excluding hydrogens is 262 g/mol. The Morgan fingerprint density at radius 1 is 1.26 bits per heavy atom. The van der Waals surface area contributed by atoms with Gasteiger partial charge in [-0.3, -0.25) is 9.78 Å². The van der Waals surface area contributed by atoms with Crippen molar-refractivity contribution >= 4 is 23.2 Å². The summed E-state index contributed by atoms with van der Waals surface area (Å²) in [6, 6.07) is 10.4. The van der Waals surface area contributed by atoms with Gasteiger partial charge in [0.2, 0.25) is 0 Å². The highest BCUT2D eigenvalue weighted by molar-refractivity contribution is 6.30. The lowest BCUT2D eigenvalue weighted by Gasteiger charge is -2.03. The summed E-state index contributed by atoms with van der Waals surface area (Å²) in [5.41, 5.74) is 4.49. The molecule has 0 aliphatic rings. The van der Waals surface area contributed by atoms with Crippen molar-refractivity contribution in [3.8, 4) is 0 Å². The molecule has 0 saturated carbocycles. The molecule has 19 heavy (non-hydrogen) atoms. The summed E-state index contributed by atoms with van der Waals surface area (Å²) < 4.78 is 0. The molecule has 0 spiro atoms. The number of carbonyl (C=O) groups is 1. The topological polar surface area (TPSA) is 54.4 Å². The Hall–Kier alpha value is -2.20.